The van der Waals surface area contributed by atoms with Crippen LogP contribution in [-0.4, -0.2) is 63.0 Å². The number of nitrogens with one attached hydrogen (secondary N) is 1. The molecule has 2 aliphatic heterocycles. The molecular weight excluding hydrogens is 594 g/mol. The maximum atomic E-state index is 15.9. The number of ether oxygens (including phenoxy) is 2. The number of hydrogen-bond donors (Lipinski definition) is 1. The largest absolute Gasteiger partial charge is 0.471 e. The predicted octanol–water partition coefficient (Wildman–Crippen LogP) is 6.44. The van der Waals surface area contributed by atoms with Gasteiger partial charge in [-0.15, -0.1) is 0 Å². The molecule has 2 amide bonds. The molecule has 12 heteroatoms. The topological polar surface area (TPSA) is 111 Å². The van der Waals surface area contributed by atoms with Crippen LogP contribution in [0.5, 0.6) is 5.88 Å². The number of alkyl halides is 2. The lowest BCUT2D eigenvalue weighted by atomic mass is 9.85. The molecule has 2 fully saturated rings. The normalized spacial score (nSPS) is 31.4. The molecule has 3 aliphatic rings. The summed E-state index contributed by atoms with van der Waals surface area (Å²) in [5, 5.41) is 3.14. The Morgan fingerprint density at radius 1 is 1.14 bits per heavy atom. The number of halogens is 3. The average Bonchev–Trinajstić information content (AvgIpc) is 3.42. The van der Waals surface area contributed by atoms with Crippen molar-refractivity contribution in [2.24, 2.45) is 17.3 Å². The van der Waals surface area contributed by atoms with Crippen LogP contribution in [0.2, 0.25) is 5.02 Å². The molecule has 9 nitrogen and oxygen atoms in total. The van der Waals surface area contributed by atoms with Crippen LogP contribution in [0.4, 0.5) is 13.6 Å². The number of benzene rings is 1. The van der Waals surface area contributed by atoms with E-state index < -0.39 is 65.2 Å². The SMILES string of the molecule is CC(=O)[C@@H]1[C@H](C)[C@@H]2CN1C(=O)[C@H](C(C)(C)C)NC(=O)O[C@]1(C)C[C@H]1CCCCCC(F)(F)c1nc3ccc(Cl)cc3nc1O2. The number of ketones is 1. The lowest BCUT2D eigenvalue weighted by Crippen LogP contribution is -2.57. The van der Waals surface area contributed by atoms with Crippen molar-refractivity contribution < 1.29 is 32.6 Å². The Morgan fingerprint density at radius 3 is 2.55 bits per heavy atom. The lowest BCUT2D eigenvalue weighted by Gasteiger charge is -2.35. The van der Waals surface area contributed by atoms with Gasteiger partial charge in [-0.2, -0.15) is 8.78 Å². The Kier molecular flexibility index (Phi) is 8.59. The van der Waals surface area contributed by atoms with Gasteiger partial charge in [0.25, 0.3) is 5.92 Å². The fraction of sp³-hybridized carbons (Fsp3) is 0.656. The van der Waals surface area contributed by atoms with Gasteiger partial charge in [-0.25, -0.2) is 14.8 Å². The second-order valence-corrected chi connectivity index (χ2v) is 14.4. The first-order valence-corrected chi connectivity index (χ1v) is 15.7. The van der Waals surface area contributed by atoms with Crippen molar-refractivity contribution in [2.45, 2.75) is 110 Å². The standard InChI is InChI=1S/C32H41ClF2N4O5/c1-17-23-16-39(24(17)18(2)40)28(41)26(30(3,4)5)38-29(42)44-31(6)15-19(31)10-8-7-9-13-32(34,35)25-27(43-23)37-22-14-20(33)11-12-21(22)36-25/h11-12,14,17,19,23-24,26H,7-10,13,15-16H2,1-6H3,(H,38,42)/t17-,19-,23+,24+,26-,31-/m1/s1. The maximum absolute atomic E-state index is 15.9. The van der Waals surface area contributed by atoms with Crippen molar-refractivity contribution in [3.05, 3.63) is 28.9 Å². The molecule has 1 saturated carbocycles. The minimum Gasteiger partial charge on any atom is -0.471 e. The van der Waals surface area contributed by atoms with Crippen molar-refractivity contribution >= 4 is 40.4 Å². The summed E-state index contributed by atoms with van der Waals surface area (Å²) >= 11 is 6.16. The molecule has 1 aromatic heterocycles. The summed E-state index contributed by atoms with van der Waals surface area (Å²) in [6, 6.07) is 2.70. The van der Waals surface area contributed by atoms with Crippen molar-refractivity contribution in [1.82, 2.24) is 20.2 Å². The molecular formula is C32H41ClF2N4O5. The fourth-order valence-electron chi connectivity index (χ4n) is 6.57. The van der Waals surface area contributed by atoms with E-state index in [1.165, 1.54) is 24.0 Å². The number of Topliss-reactive ketones (excluding diaryl/α,β-unsaturated/α-hetero) is 1. The number of carbonyl (C=O) groups is 3. The van der Waals surface area contributed by atoms with Gasteiger partial charge in [0.2, 0.25) is 11.8 Å². The molecule has 240 valence electrons. The molecule has 6 atom stereocenters. The van der Waals surface area contributed by atoms with Crippen LogP contribution < -0.4 is 10.1 Å². The van der Waals surface area contributed by atoms with E-state index in [-0.39, 0.29) is 41.6 Å². The highest BCUT2D eigenvalue weighted by atomic mass is 35.5. The monoisotopic (exact) mass is 634 g/mol. The first-order valence-electron chi connectivity index (χ1n) is 15.3. The van der Waals surface area contributed by atoms with Crippen molar-refractivity contribution in [2.75, 3.05) is 6.54 Å². The number of nitrogens with zero attached hydrogens (tertiary/aromatic N) is 3. The van der Waals surface area contributed by atoms with Crippen LogP contribution in [0.15, 0.2) is 18.2 Å². The molecule has 0 unspecified atom stereocenters. The number of amides is 2. The van der Waals surface area contributed by atoms with E-state index in [2.05, 4.69) is 15.3 Å². The Morgan fingerprint density at radius 2 is 1.86 bits per heavy atom. The smallest absolute Gasteiger partial charge is 0.408 e. The number of hydrogen-bond acceptors (Lipinski definition) is 7. The lowest BCUT2D eigenvalue weighted by molar-refractivity contribution is -0.141. The molecule has 1 saturated heterocycles. The quantitative estimate of drug-likeness (QED) is 0.384. The van der Waals surface area contributed by atoms with E-state index in [4.69, 9.17) is 21.1 Å². The van der Waals surface area contributed by atoms with Gasteiger partial charge in [0.1, 0.15) is 17.7 Å². The van der Waals surface area contributed by atoms with E-state index in [0.29, 0.717) is 24.3 Å². The third-order valence-corrected chi connectivity index (χ3v) is 9.53. The van der Waals surface area contributed by atoms with E-state index in [9.17, 15) is 14.4 Å². The Labute approximate surface area is 261 Å². The Hall–Kier alpha value is -3.08. The van der Waals surface area contributed by atoms with Gasteiger partial charge < -0.3 is 19.7 Å². The first-order chi connectivity index (χ1) is 20.5. The Balaban J connectivity index is 1.56. The van der Waals surface area contributed by atoms with Gasteiger partial charge in [-0.3, -0.25) is 9.59 Å². The summed E-state index contributed by atoms with van der Waals surface area (Å²) in [6.45, 7) is 10.3. The van der Waals surface area contributed by atoms with Crippen LogP contribution in [0, 0.1) is 17.3 Å². The van der Waals surface area contributed by atoms with Crippen LogP contribution >= 0.6 is 11.6 Å². The molecule has 3 heterocycles. The molecule has 0 radical (unpaired) electrons. The van der Waals surface area contributed by atoms with Gasteiger partial charge in [0.15, 0.2) is 11.5 Å². The Bertz CT molecular complexity index is 1470. The van der Waals surface area contributed by atoms with E-state index in [0.717, 1.165) is 6.42 Å². The minimum atomic E-state index is -3.35. The number of rotatable bonds is 1. The second kappa shape index (κ2) is 11.7. The summed E-state index contributed by atoms with van der Waals surface area (Å²) < 4.78 is 43.7. The maximum Gasteiger partial charge on any atom is 0.408 e. The van der Waals surface area contributed by atoms with Crippen LogP contribution in [0.1, 0.15) is 85.8 Å². The predicted molar refractivity (Wildman–Crippen MR) is 161 cm³/mol. The highest BCUT2D eigenvalue weighted by molar-refractivity contribution is 6.31. The molecule has 0 spiro atoms. The molecule has 44 heavy (non-hydrogen) atoms. The van der Waals surface area contributed by atoms with E-state index >= 15 is 8.78 Å². The number of fused-ring (bicyclic) bond motifs is 5. The van der Waals surface area contributed by atoms with E-state index in [1.807, 2.05) is 27.7 Å². The van der Waals surface area contributed by atoms with Crippen LogP contribution in [0.25, 0.3) is 11.0 Å². The van der Waals surface area contributed by atoms with Crippen molar-refractivity contribution in [3.8, 4) is 5.88 Å². The van der Waals surface area contributed by atoms with Gasteiger partial charge in [-0.1, -0.05) is 52.1 Å². The highest BCUT2D eigenvalue weighted by Gasteiger charge is 2.54. The summed E-state index contributed by atoms with van der Waals surface area (Å²) in [6.07, 6.45) is 0.915. The summed E-state index contributed by atoms with van der Waals surface area (Å²) in [7, 11) is 0. The zero-order valence-corrected chi connectivity index (χ0v) is 26.8. The molecule has 1 N–H and O–H groups in total. The number of aromatic nitrogens is 2. The molecule has 2 bridgehead atoms. The first kappa shape index (κ1) is 32.3. The highest BCUT2D eigenvalue weighted by Crippen LogP contribution is 2.50. The van der Waals surface area contributed by atoms with Gasteiger partial charge in [-0.05, 0) is 56.7 Å². The number of alkyl carbamates (subject to hydrolysis) is 1. The minimum absolute atomic E-state index is 0.0758. The molecule has 1 aliphatic carbocycles. The molecule has 2 aromatic rings. The second-order valence-electron chi connectivity index (χ2n) is 13.9. The van der Waals surface area contributed by atoms with E-state index in [1.54, 1.807) is 13.0 Å². The number of carbonyl (C=O) groups excluding carboxylic acids is 3. The van der Waals surface area contributed by atoms with Crippen LogP contribution in [-0.2, 0) is 20.2 Å². The van der Waals surface area contributed by atoms with Gasteiger partial charge >= 0.3 is 6.09 Å². The van der Waals surface area contributed by atoms with Crippen molar-refractivity contribution in [3.63, 3.8) is 0 Å². The zero-order chi connectivity index (χ0) is 32.2. The average molecular weight is 635 g/mol. The van der Waals surface area contributed by atoms with Crippen LogP contribution in [0.3, 0.4) is 0 Å². The molecule has 1 aromatic carbocycles. The third-order valence-electron chi connectivity index (χ3n) is 9.30. The molecule has 5 rings (SSSR count). The van der Waals surface area contributed by atoms with Gasteiger partial charge in [0, 0.05) is 23.3 Å². The zero-order valence-electron chi connectivity index (χ0n) is 26.1. The summed E-state index contributed by atoms with van der Waals surface area (Å²) in [5.41, 5.74) is -1.45. The fourth-order valence-corrected chi connectivity index (χ4v) is 6.73. The summed E-state index contributed by atoms with van der Waals surface area (Å²) in [5.74, 6) is -4.92. The summed E-state index contributed by atoms with van der Waals surface area (Å²) in [4.78, 5) is 50.3. The van der Waals surface area contributed by atoms with Crippen molar-refractivity contribution in [1.29, 1.82) is 0 Å². The van der Waals surface area contributed by atoms with Gasteiger partial charge in [0.05, 0.1) is 23.6 Å². The third kappa shape index (κ3) is 6.48.